The molecule has 1 aliphatic heterocycles. The van der Waals surface area contributed by atoms with Crippen molar-refractivity contribution in [2.45, 2.75) is 25.7 Å². The van der Waals surface area contributed by atoms with Crippen LogP contribution in [-0.2, 0) is 4.79 Å². The smallest absolute Gasteiger partial charge is 0.269 e. The molecule has 0 N–H and O–H groups in total. The number of hydrogen-bond donors (Lipinski definition) is 0. The molecule has 0 spiro atoms. The summed E-state index contributed by atoms with van der Waals surface area (Å²) in [6.07, 6.45) is 2.14. The lowest BCUT2D eigenvalue weighted by Gasteiger charge is -2.20. The molecule has 1 fully saturated rings. The Balaban J connectivity index is 2.10. The van der Waals surface area contributed by atoms with E-state index in [9.17, 15) is 14.9 Å². The van der Waals surface area contributed by atoms with Gasteiger partial charge in [0, 0.05) is 25.2 Å². The molecule has 1 heterocycles. The minimum atomic E-state index is -0.434. The molecular weight excluding hydrogens is 232 g/mol. The Morgan fingerprint density at radius 3 is 2.33 bits per heavy atom. The summed E-state index contributed by atoms with van der Waals surface area (Å²) in [6.45, 7) is 3.51. The molecule has 1 aliphatic rings. The van der Waals surface area contributed by atoms with E-state index in [1.807, 2.05) is 11.8 Å². The van der Waals surface area contributed by atoms with E-state index in [0.29, 0.717) is 0 Å². The van der Waals surface area contributed by atoms with Crippen molar-refractivity contribution >= 4 is 11.6 Å². The van der Waals surface area contributed by atoms with Crippen LogP contribution in [0.5, 0.6) is 0 Å². The van der Waals surface area contributed by atoms with Crippen LogP contribution in [0.3, 0.4) is 0 Å². The first-order chi connectivity index (χ1) is 8.59. The van der Waals surface area contributed by atoms with E-state index in [-0.39, 0.29) is 17.5 Å². The summed E-state index contributed by atoms with van der Waals surface area (Å²) in [6, 6.07) is 6.22. The van der Waals surface area contributed by atoms with E-state index < -0.39 is 4.92 Å². The number of nitro benzene ring substituents is 1. The lowest BCUT2D eigenvalue weighted by Crippen LogP contribution is -2.31. The summed E-state index contributed by atoms with van der Waals surface area (Å²) in [7, 11) is 0. The summed E-state index contributed by atoms with van der Waals surface area (Å²) >= 11 is 0. The van der Waals surface area contributed by atoms with E-state index in [4.69, 9.17) is 0 Å². The van der Waals surface area contributed by atoms with Gasteiger partial charge in [0.15, 0.2) is 0 Å². The first-order valence-corrected chi connectivity index (χ1v) is 6.13. The van der Waals surface area contributed by atoms with Crippen molar-refractivity contribution in [2.75, 3.05) is 13.1 Å². The first-order valence-electron chi connectivity index (χ1n) is 6.13. The van der Waals surface area contributed by atoms with Crippen molar-refractivity contribution in [3.63, 3.8) is 0 Å². The van der Waals surface area contributed by atoms with Gasteiger partial charge in [-0.25, -0.2) is 0 Å². The highest BCUT2D eigenvalue weighted by atomic mass is 16.6. The van der Waals surface area contributed by atoms with Crippen molar-refractivity contribution in [3.05, 3.63) is 39.9 Å². The maximum atomic E-state index is 12.2. The second kappa shape index (κ2) is 5.16. The minimum absolute atomic E-state index is 0.0552. The topological polar surface area (TPSA) is 63.5 Å². The largest absolute Gasteiger partial charge is 0.342 e. The van der Waals surface area contributed by atoms with Crippen molar-refractivity contribution in [1.82, 2.24) is 4.90 Å². The van der Waals surface area contributed by atoms with Crippen LogP contribution in [0.1, 0.15) is 31.2 Å². The fraction of sp³-hybridized carbons (Fsp3) is 0.462. The number of nitrogens with zero attached hydrogens (tertiary/aromatic N) is 2. The maximum absolute atomic E-state index is 12.2. The Morgan fingerprint density at radius 2 is 1.83 bits per heavy atom. The van der Waals surface area contributed by atoms with E-state index in [1.165, 1.54) is 12.1 Å². The van der Waals surface area contributed by atoms with Gasteiger partial charge < -0.3 is 4.90 Å². The van der Waals surface area contributed by atoms with Gasteiger partial charge in [0.25, 0.3) is 5.69 Å². The molecule has 1 aromatic rings. The zero-order valence-corrected chi connectivity index (χ0v) is 10.3. The highest BCUT2D eigenvalue weighted by molar-refractivity contribution is 5.83. The summed E-state index contributed by atoms with van der Waals surface area (Å²) < 4.78 is 0. The average Bonchev–Trinajstić information content (AvgIpc) is 2.91. The molecule has 1 saturated heterocycles. The van der Waals surface area contributed by atoms with Crippen LogP contribution >= 0.6 is 0 Å². The van der Waals surface area contributed by atoms with Crippen LogP contribution in [0.25, 0.3) is 0 Å². The van der Waals surface area contributed by atoms with Crippen molar-refractivity contribution in [2.24, 2.45) is 0 Å². The van der Waals surface area contributed by atoms with Gasteiger partial charge in [-0.2, -0.15) is 0 Å². The monoisotopic (exact) mass is 248 g/mol. The van der Waals surface area contributed by atoms with Gasteiger partial charge in [-0.15, -0.1) is 0 Å². The number of likely N-dealkylation sites (tertiary alicyclic amines) is 1. The zero-order chi connectivity index (χ0) is 13.1. The molecular formula is C13H16N2O3. The quantitative estimate of drug-likeness (QED) is 0.609. The molecule has 0 radical (unpaired) electrons. The second-order valence-corrected chi connectivity index (χ2v) is 4.60. The molecule has 18 heavy (non-hydrogen) atoms. The third-order valence-corrected chi connectivity index (χ3v) is 3.39. The summed E-state index contributed by atoms with van der Waals surface area (Å²) in [4.78, 5) is 24.1. The number of non-ortho nitro benzene ring substituents is 1. The second-order valence-electron chi connectivity index (χ2n) is 4.60. The van der Waals surface area contributed by atoms with Crippen molar-refractivity contribution in [1.29, 1.82) is 0 Å². The van der Waals surface area contributed by atoms with Crippen LogP contribution < -0.4 is 0 Å². The normalized spacial score (nSPS) is 16.6. The highest BCUT2D eigenvalue weighted by Gasteiger charge is 2.24. The highest BCUT2D eigenvalue weighted by Crippen LogP contribution is 2.22. The third-order valence-electron chi connectivity index (χ3n) is 3.39. The number of rotatable bonds is 3. The SMILES string of the molecule is C[C@H](C(=O)N1CCCC1)c1ccc([N+](=O)[O-])cc1. The number of amides is 1. The lowest BCUT2D eigenvalue weighted by molar-refractivity contribution is -0.384. The van der Waals surface area contributed by atoms with Crippen molar-refractivity contribution in [3.8, 4) is 0 Å². The molecule has 0 saturated carbocycles. The fourth-order valence-electron chi connectivity index (χ4n) is 2.24. The van der Waals surface area contributed by atoms with Gasteiger partial charge in [0.1, 0.15) is 0 Å². The molecule has 0 unspecified atom stereocenters. The van der Waals surface area contributed by atoms with Gasteiger partial charge >= 0.3 is 0 Å². The number of hydrogen-bond acceptors (Lipinski definition) is 3. The van der Waals surface area contributed by atoms with Gasteiger partial charge in [-0.1, -0.05) is 12.1 Å². The third kappa shape index (κ3) is 2.50. The Bertz CT molecular complexity index is 450. The van der Waals surface area contributed by atoms with Crippen LogP contribution in [-0.4, -0.2) is 28.8 Å². The minimum Gasteiger partial charge on any atom is -0.342 e. The summed E-state index contributed by atoms with van der Waals surface area (Å²) in [5, 5.41) is 10.6. The Labute approximate surface area is 106 Å². The number of carbonyl (C=O) groups is 1. The molecule has 1 atom stereocenters. The predicted octanol–water partition coefficient (Wildman–Crippen LogP) is 2.32. The van der Waals surface area contributed by atoms with Gasteiger partial charge in [-0.3, -0.25) is 14.9 Å². The zero-order valence-electron chi connectivity index (χ0n) is 10.3. The molecule has 1 aromatic carbocycles. The van der Waals surface area contributed by atoms with Crippen LogP contribution in [0, 0.1) is 10.1 Å². The molecule has 0 aromatic heterocycles. The molecule has 5 heteroatoms. The molecule has 1 amide bonds. The Morgan fingerprint density at radius 1 is 1.28 bits per heavy atom. The van der Waals surface area contributed by atoms with E-state index in [2.05, 4.69) is 0 Å². The molecule has 0 bridgehead atoms. The summed E-state index contributed by atoms with van der Waals surface area (Å²) in [5.74, 6) is -0.120. The molecule has 2 rings (SSSR count). The fourth-order valence-corrected chi connectivity index (χ4v) is 2.24. The van der Waals surface area contributed by atoms with Gasteiger partial charge in [-0.05, 0) is 25.3 Å². The van der Waals surface area contributed by atoms with Crippen molar-refractivity contribution < 1.29 is 9.72 Å². The molecule has 5 nitrogen and oxygen atoms in total. The maximum Gasteiger partial charge on any atom is 0.269 e. The van der Waals surface area contributed by atoms with E-state index >= 15 is 0 Å². The van der Waals surface area contributed by atoms with Gasteiger partial charge in [0.2, 0.25) is 5.91 Å². The van der Waals surface area contributed by atoms with Crippen LogP contribution in [0.4, 0.5) is 5.69 Å². The number of carbonyl (C=O) groups excluding carboxylic acids is 1. The van der Waals surface area contributed by atoms with E-state index in [1.54, 1.807) is 12.1 Å². The molecule has 0 aliphatic carbocycles. The van der Waals surface area contributed by atoms with Crippen LogP contribution in [0.2, 0.25) is 0 Å². The predicted molar refractivity (Wildman–Crippen MR) is 67.3 cm³/mol. The Hall–Kier alpha value is -1.91. The van der Waals surface area contributed by atoms with E-state index in [0.717, 1.165) is 31.5 Å². The van der Waals surface area contributed by atoms with Crippen LogP contribution in [0.15, 0.2) is 24.3 Å². The standard InChI is InChI=1S/C13H16N2O3/c1-10(13(16)14-8-2-3-9-14)11-4-6-12(7-5-11)15(17)18/h4-7,10H,2-3,8-9H2,1H3/t10-/m0/s1. The number of nitro groups is 1. The molecule has 96 valence electrons. The Kier molecular flexibility index (Phi) is 3.60. The lowest BCUT2D eigenvalue weighted by atomic mass is 9.99. The average molecular weight is 248 g/mol. The van der Waals surface area contributed by atoms with Gasteiger partial charge in [0.05, 0.1) is 10.8 Å². The number of benzene rings is 1. The summed E-state index contributed by atoms with van der Waals surface area (Å²) in [5.41, 5.74) is 0.886. The first kappa shape index (κ1) is 12.5.